The van der Waals surface area contributed by atoms with Gasteiger partial charge in [-0.25, -0.2) is 4.72 Å². The van der Waals surface area contributed by atoms with Gasteiger partial charge in [0.25, 0.3) is 10.2 Å². The van der Waals surface area contributed by atoms with Gasteiger partial charge < -0.3 is 5.73 Å². The van der Waals surface area contributed by atoms with E-state index in [1.807, 2.05) is 6.92 Å². The molecule has 118 valence electrons. The molecule has 0 spiro atoms. The predicted octanol–water partition coefficient (Wildman–Crippen LogP) is 1.60. The van der Waals surface area contributed by atoms with Gasteiger partial charge in [-0.1, -0.05) is 25.7 Å². The first kappa shape index (κ1) is 16.2. The second kappa shape index (κ2) is 6.73. The Kier molecular flexibility index (Phi) is 5.45. The van der Waals surface area contributed by atoms with E-state index >= 15 is 0 Å². The first-order valence-corrected chi connectivity index (χ1v) is 9.40. The highest BCUT2D eigenvalue weighted by Crippen LogP contribution is 2.35. The zero-order chi connectivity index (χ0) is 14.6. The van der Waals surface area contributed by atoms with Crippen molar-refractivity contribution < 1.29 is 8.42 Å². The molecule has 0 aromatic heterocycles. The molecule has 1 saturated heterocycles. The largest absolute Gasteiger partial charge is 0.330 e. The van der Waals surface area contributed by atoms with Crippen LogP contribution in [0.25, 0.3) is 0 Å². The fraction of sp³-hybridized carbons (Fsp3) is 1.00. The quantitative estimate of drug-likeness (QED) is 0.810. The number of hydrogen-bond donors (Lipinski definition) is 2. The zero-order valence-corrected chi connectivity index (χ0v) is 13.4. The molecule has 20 heavy (non-hydrogen) atoms. The Morgan fingerprint density at radius 3 is 2.50 bits per heavy atom. The molecule has 5 nitrogen and oxygen atoms in total. The monoisotopic (exact) mass is 303 g/mol. The Bertz CT molecular complexity index is 405. The minimum absolute atomic E-state index is 0.0235. The third-order valence-corrected chi connectivity index (χ3v) is 6.70. The van der Waals surface area contributed by atoms with E-state index in [1.54, 1.807) is 4.31 Å². The van der Waals surface area contributed by atoms with Crippen molar-refractivity contribution >= 4 is 10.2 Å². The molecule has 1 atom stereocenters. The molecule has 0 aromatic carbocycles. The lowest BCUT2D eigenvalue weighted by atomic mass is 9.74. The van der Waals surface area contributed by atoms with Gasteiger partial charge in [-0.2, -0.15) is 12.7 Å². The van der Waals surface area contributed by atoms with Crippen LogP contribution in [0.15, 0.2) is 0 Å². The minimum atomic E-state index is -3.35. The molecular weight excluding hydrogens is 274 g/mol. The summed E-state index contributed by atoms with van der Waals surface area (Å²) in [5, 5.41) is 0. The van der Waals surface area contributed by atoms with Gasteiger partial charge in [0.05, 0.1) is 0 Å². The van der Waals surface area contributed by atoms with Gasteiger partial charge in [-0.15, -0.1) is 0 Å². The molecule has 2 aliphatic rings. The summed E-state index contributed by atoms with van der Waals surface area (Å²) in [6.07, 6.45) is 8.72. The van der Waals surface area contributed by atoms with Gasteiger partial charge in [0.1, 0.15) is 0 Å². The Labute approximate surface area is 123 Å². The highest BCUT2D eigenvalue weighted by atomic mass is 32.2. The first-order chi connectivity index (χ1) is 9.49. The average molecular weight is 303 g/mol. The van der Waals surface area contributed by atoms with Crippen LogP contribution in [0.5, 0.6) is 0 Å². The predicted molar refractivity (Wildman–Crippen MR) is 81.5 cm³/mol. The molecule has 0 aromatic rings. The van der Waals surface area contributed by atoms with E-state index in [-0.39, 0.29) is 11.5 Å². The number of nitrogens with one attached hydrogen (secondary N) is 1. The molecule has 2 rings (SSSR count). The summed E-state index contributed by atoms with van der Waals surface area (Å²) >= 11 is 0. The molecule has 0 amide bonds. The molecule has 3 N–H and O–H groups in total. The summed E-state index contributed by atoms with van der Waals surface area (Å²) in [4.78, 5) is 0. The standard InChI is InChI=1S/C14H29N3O2S/c1-13-7-3-6-10-17(13)20(18,19)16-12-14(11-15)8-4-2-5-9-14/h13,16H,2-12,15H2,1H3. The summed E-state index contributed by atoms with van der Waals surface area (Å²) in [5.41, 5.74) is 5.90. The van der Waals surface area contributed by atoms with Gasteiger partial charge in [0.15, 0.2) is 0 Å². The summed E-state index contributed by atoms with van der Waals surface area (Å²) < 4.78 is 29.4. The van der Waals surface area contributed by atoms with Crippen LogP contribution in [0.3, 0.4) is 0 Å². The number of nitrogens with two attached hydrogens (primary N) is 1. The highest BCUT2D eigenvalue weighted by Gasteiger charge is 2.35. The molecule has 6 heteroatoms. The van der Waals surface area contributed by atoms with Crippen LogP contribution in [-0.2, 0) is 10.2 Å². The van der Waals surface area contributed by atoms with Crippen LogP contribution in [0.2, 0.25) is 0 Å². The maximum absolute atomic E-state index is 12.5. The van der Waals surface area contributed by atoms with Crippen LogP contribution < -0.4 is 10.5 Å². The van der Waals surface area contributed by atoms with E-state index < -0.39 is 10.2 Å². The summed E-state index contributed by atoms with van der Waals surface area (Å²) in [5.74, 6) is 0. The van der Waals surface area contributed by atoms with E-state index in [0.29, 0.717) is 19.6 Å². The fourth-order valence-corrected chi connectivity index (χ4v) is 5.11. The van der Waals surface area contributed by atoms with Gasteiger partial charge in [0, 0.05) is 19.1 Å². The van der Waals surface area contributed by atoms with E-state index in [9.17, 15) is 8.42 Å². The van der Waals surface area contributed by atoms with E-state index in [0.717, 1.165) is 32.1 Å². The lowest BCUT2D eigenvalue weighted by Gasteiger charge is -2.38. The van der Waals surface area contributed by atoms with Crippen molar-refractivity contribution in [3.05, 3.63) is 0 Å². The topological polar surface area (TPSA) is 75.4 Å². The number of piperidine rings is 1. The number of rotatable bonds is 5. The molecule has 1 saturated carbocycles. The maximum atomic E-state index is 12.5. The lowest BCUT2D eigenvalue weighted by molar-refractivity contribution is 0.197. The average Bonchev–Trinajstić information content (AvgIpc) is 2.47. The van der Waals surface area contributed by atoms with Crippen LogP contribution in [0, 0.1) is 5.41 Å². The van der Waals surface area contributed by atoms with Crippen molar-refractivity contribution in [2.24, 2.45) is 11.1 Å². The summed E-state index contributed by atoms with van der Waals surface area (Å²) in [6, 6.07) is 0.112. The van der Waals surface area contributed by atoms with Gasteiger partial charge in [-0.3, -0.25) is 0 Å². The van der Waals surface area contributed by atoms with Crippen molar-refractivity contribution in [3.8, 4) is 0 Å². The lowest BCUT2D eigenvalue weighted by Crippen LogP contribution is -2.51. The van der Waals surface area contributed by atoms with Crippen molar-refractivity contribution in [2.75, 3.05) is 19.6 Å². The minimum Gasteiger partial charge on any atom is -0.330 e. The molecule has 0 radical (unpaired) electrons. The smallest absolute Gasteiger partial charge is 0.279 e. The second-order valence-electron chi connectivity index (χ2n) is 6.55. The van der Waals surface area contributed by atoms with Crippen molar-refractivity contribution in [1.82, 2.24) is 9.03 Å². The summed E-state index contributed by atoms with van der Waals surface area (Å²) in [6.45, 7) is 3.71. The molecule has 0 bridgehead atoms. The van der Waals surface area contributed by atoms with Crippen molar-refractivity contribution in [1.29, 1.82) is 0 Å². The second-order valence-corrected chi connectivity index (χ2v) is 8.25. The Morgan fingerprint density at radius 2 is 1.90 bits per heavy atom. The maximum Gasteiger partial charge on any atom is 0.279 e. The first-order valence-electron chi connectivity index (χ1n) is 7.96. The Morgan fingerprint density at radius 1 is 1.20 bits per heavy atom. The molecule has 2 fully saturated rings. The molecule has 1 heterocycles. The highest BCUT2D eigenvalue weighted by molar-refractivity contribution is 7.87. The van der Waals surface area contributed by atoms with Crippen molar-refractivity contribution in [3.63, 3.8) is 0 Å². The summed E-state index contributed by atoms with van der Waals surface area (Å²) in [7, 11) is -3.35. The third kappa shape index (κ3) is 3.72. The van der Waals surface area contributed by atoms with Gasteiger partial charge >= 0.3 is 0 Å². The fourth-order valence-electron chi connectivity index (χ4n) is 3.51. The third-order valence-electron chi connectivity index (χ3n) is 5.03. The van der Waals surface area contributed by atoms with Crippen molar-refractivity contribution in [2.45, 2.75) is 64.3 Å². The van der Waals surface area contributed by atoms with Gasteiger partial charge in [-0.05, 0) is 44.6 Å². The van der Waals surface area contributed by atoms with E-state index in [2.05, 4.69) is 4.72 Å². The molecule has 1 unspecified atom stereocenters. The van der Waals surface area contributed by atoms with Gasteiger partial charge in [0.2, 0.25) is 0 Å². The molecular formula is C14H29N3O2S. The Hall–Kier alpha value is -0.170. The van der Waals surface area contributed by atoms with E-state index in [1.165, 1.54) is 19.3 Å². The van der Waals surface area contributed by atoms with Crippen LogP contribution in [-0.4, -0.2) is 38.4 Å². The normalized spacial score (nSPS) is 28.4. The number of nitrogens with zero attached hydrogens (tertiary/aromatic N) is 1. The van der Waals surface area contributed by atoms with Crippen LogP contribution in [0.1, 0.15) is 58.3 Å². The number of hydrogen-bond acceptors (Lipinski definition) is 3. The van der Waals surface area contributed by atoms with Crippen LogP contribution in [0.4, 0.5) is 0 Å². The SMILES string of the molecule is CC1CCCCN1S(=O)(=O)NCC1(CN)CCCCC1. The molecule has 1 aliphatic carbocycles. The zero-order valence-electron chi connectivity index (χ0n) is 12.6. The molecule has 1 aliphatic heterocycles. The Balaban J connectivity index is 1.97. The van der Waals surface area contributed by atoms with E-state index in [4.69, 9.17) is 5.73 Å². The van der Waals surface area contributed by atoms with Crippen LogP contribution >= 0.6 is 0 Å².